The van der Waals surface area contributed by atoms with Crippen LogP contribution in [0.15, 0.2) is 76.8 Å². The molecular formula is C22H17FN4O3S. The molecule has 2 aromatic heterocycles. The lowest BCUT2D eigenvalue weighted by molar-refractivity contribution is -0.117. The molecule has 0 saturated carbocycles. The van der Waals surface area contributed by atoms with Crippen molar-refractivity contribution in [2.75, 3.05) is 5.75 Å². The number of nitrogens with zero attached hydrogens (tertiary/aromatic N) is 3. The highest BCUT2D eigenvalue weighted by Gasteiger charge is 2.18. The SMILES string of the molecule is Cn1cccc1C(=O)NC(=O)CSc1nc2ccccc2c(=O)n1-c1ccccc1F. The Morgan fingerprint density at radius 2 is 1.81 bits per heavy atom. The predicted octanol–water partition coefficient (Wildman–Crippen LogP) is 2.91. The molecule has 31 heavy (non-hydrogen) atoms. The summed E-state index contributed by atoms with van der Waals surface area (Å²) in [6, 6.07) is 15.9. The van der Waals surface area contributed by atoms with E-state index < -0.39 is 23.2 Å². The highest BCUT2D eigenvalue weighted by molar-refractivity contribution is 7.99. The lowest BCUT2D eigenvalue weighted by Gasteiger charge is -2.13. The number of imide groups is 1. The third-order valence-electron chi connectivity index (χ3n) is 4.60. The molecule has 4 rings (SSSR count). The fourth-order valence-electron chi connectivity index (χ4n) is 3.11. The number of hydrogen-bond donors (Lipinski definition) is 1. The summed E-state index contributed by atoms with van der Waals surface area (Å²) in [5.41, 5.74) is 0.361. The zero-order valence-electron chi connectivity index (χ0n) is 16.4. The van der Waals surface area contributed by atoms with Crippen LogP contribution in [0.25, 0.3) is 16.6 Å². The van der Waals surface area contributed by atoms with Crippen LogP contribution < -0.4 is 10.9 Å². The van der Waals surface area contributed by atoms with Crippen LogP contribution in [0, 0.1) is 5.82 Å². The van der Waals surface area contributed by atoms with Crippen molar-refractivity contribution in [2.45, 2.75) is 5.16 Å². The van der Waals surface area contributed by atoms with Crippen LogP contribution in [0.2, 0.25) is 0 Å². The van der Waals surface area contributed by atoms with Crippen LogP contribution in [0.4, 0.5) is 4.39 Å². The fraction of sp³-hybridized carbons (Fsp3) is 0.0909. The number of carbonyl (C=O) groups excluding carboxylic acids is 2. The maximum Gasteiger partial charge on any atom is 0.274 e. The second kappa shape index (κ2) is 8.57. The van der Waals surface area contributed by atoms with E-state index in [9.17, 15) is 18.8 Å². The van der Waals surface area contributed by atoms with E-state index in [2.05, 4.69) is 10.3 Å². The maximum atomic E-state index is 14.5. The number of hydrogen-bond acceptors (Lipinski definition) is 5. The summed E-state index contributed by atoms with van der Waals surface area (Å²) in [4.78, 5) is 42.1. The largest absolute Gasteiger partial charge is 0.347 e. The van der Waals surface area contributed by atoms with Gasteiger partial charge >= 0.3 is 0 Å². The third-order valence-corrected chi connectivity index (χ3v) is 5.54. The zero-order chi connectivity index (χ0) is 22.0. The molecule has 9 heteroatoms. The number of rotatable bonds is 5. The number of aromatic nitrogens is 3. The first kappa shape index (κ1) is 20.5. The molecule has 0 aliphatic rings. The first-order valence-electron chi connectivity index (χ1n) is 9.30. The van der Waals surface area contributed by atoms with Crippen LogP contribution in [-0.2, 0) is 11.8 Å². The van der Waals surface area contributed by atoms with Gasteiger partial charge in [-0.15, -0.1) is 0 Å². The smallest absolute Gasteiger partial charge is 0.274 e. The normalized spacial score (nSPS) is 10.9. The molecule has 0 spiro atoms. The number of nitrogens with one attached hydrogen (secondary N) is 1. The van der Waals surface area contributed by atoms with E-state index >= 15 is 0 Å². The number of aryl methyl sites for hydroxylation is 1. The minimum absolute atomic E-state index is 0.0357. The van der Waals surface area contributed by atoms with Gasteiger partial charge < -0.3 is 4.57 Å². The summed E-state index contributed by atoms with van der Waals surface area (Å²) in [7, 11) is 1.69. The number of thioether (sulfide) groups is 1. The van der Waals surface area contributed by atoms with Gasteiger partial charge in [0.2, 0.25) is 5.91 Å². The summed E-state index contributed by atoms with van der Waals surface area (Å²) >= 11 is 0.945. The molecule has 4 aromatic rings. The number of halogens is 1. The summed E-state index contributed by atoms with van der Waals surface area (Å²) < 4.78 is 17.2. The Labute approximate surface area is 180 Å². The Balaban J connectivity index is 1.65. The van der Waals surface area contributed by atoms with Crippen molar-refractivity contribution in [3.8, 4) is 5.69 Å². The van der Waals surface area contributed by atoms with Crippen molar-refractivity contribution in [3.63, 3.8) is 0 Å². The number of fused-ring (bicyclic) bond motifs is 1. The first-order chi connectivity index (χ1) is 15.0. The minimum atomic E-state index is -0.591. The molecule has 0 radical (unpaired) electrons. The molecule has 1 N–H and O–H groups in total. The summed E-state index contributed by atoms with van der Waals surface area (Å²) in [6.45, 7) is 0. The zero-order valence-corrected chi connectivity index (χ0v) is 17.2. The Bertz CT molecular complexity index is 1360. The summed E-state index contributed by atoms with van der Waals surface area (Å²) in [6.07, 6.45) is 1.69. The minimum Gasteiger partial charge on any atom is -0.347 e. The first-order valence-corrected chi connectivity index (χ1v) is 10.3. The van der Waals surface area contributed by atoms with Gasteiger partial charge in [0.1, 0.15) is 11.5 Å². The lowest BCUT2D eigenvalue weighted by Crippen LogP contribution is -2.33. The second-order valence-corrected chi connectivity index (χ2v) is 7.62. The quantitative estimate of drug-likeness (QED) is 0.384. The summed E-state index contributed by atoms with van der Waals surface area (Å²) in [5, 5.41) is 2.79. The molecule has 0 atom stereocenters. The lowest BCUT2D eigenvalue weighted by atomic mass is 10.2. The molecule has 7 nitrogen and oxygen atoms in total. The highest BCUT2D eigenvalue weighted by Crippen LogP contribution is 2.22. The van der Waals surface area contributed by atoms with Gasteiger partial charge in [-0.25, -0.2) is 9.37 Å². The number of carbonyl (C=O) groups is 2. The Morgan fingerprint density at radius 1 is 1.06 bits per heavy atom. The number of para-hydroxylation sites is 2. The van der Waals surface area contributed by atoms with Crippen LogP contribution in [0.5, 0.6) is 0 Å². The third kappa shape index (κ3) is 4.13. The van der Waals surface area contributed by atoms with E-state index in [1.54, 1.807) is 60.3 Å². The molecule has 0 saturated heterocycles. The molecule has 0 aliphatic heterocycles. The van der Waals surface area contributed by atoms with Gasteiger partial charge in [0, 0.05) is 13.2 Å². The fourth-order valence-corrected chi connectivity index (χ4v) is 3.91. The predicted molar refractivity (Wildman–Crippen MR) is 116 cm³/mol. The van der Waals surface area contributed by atoms with Crippen molar-refractivity contribution in [1.29, 1.82) is 0 Å². The maximum absolute atomic E-state index is 14.5. The van der Waals surface area contributed by atoms with Crippen LogP contribution in [0.3, 0.4) is 0 Å². The van der Waals surface area contributed by atoms with Crippen molar-refractivity contribution in [1.82, 2.24) is 19.4 Å². The Kier molecular flexibility index (Phi) is 5.68. The average molecular weight is 436 g/mol. The topological polar surface area (TPSA) is 86.0 Å². The van der Waals surface area contributed by atoms with E-state index in [1.807, 2.05) is 0 Å². The van der Waals surface area contributed by atoms with Crippen LogP contribution >= 0.6 is 11.8 Å². The molecule has 0 bridgehead atoms. The van der Waals surface area contributed by atoms with Crippen LogP contribution in [-0.4, -0.2) is 31.7 Å². The van der Waals surface area contributed by atoms with E-state index in [1.165, 1.54) is 18.2 Å². The molecule has 156 valence electrons. The van der Waals surface area contributed by atoms with Crippen molar-refractivity contribution >= 4 is 34.5 Å². The van der Waals surface area contributed by atoms with Gasteiger partial charge in [-0.3, -0.25) is 24.3 Å². The molecule has 2 amide bonds. The van der Waals surface area contributed by atoms with Gasteiger partial charge in [-0.05, 0) is 36.4 Å². The van der Waals surface area contributed by atoms with E-state index in [-0.39, 0.29) is 16.6 Å². The van der Waals surface area contributed by atoms with Crippen molar-refractivity contribution < 1.29 is 14.0 Å². The monoisotopic (exact) mass is 436 g/mol. The molecule has 2 heterocycles. The van der Waals surface area contributed by atoms with Gasteiger partial charge in [0.25, 0.3) is 11.5 Å². The van der Waals surface area contributed by atoms with Gasteiger partial charge in [0.15, 0.2) is 5.16 Å². The number of benzene rings is 2. The molecule has 0 fully saturated rings. The van der Waals surface area contributed by atoms with E-state index in [0.29, 0.717) is 16.6 Å². The Morgan fingerprint density at radius 3 is 2.55 bits per heavy atom. The highest BCUT2D eigenvalue weighted by atomic mass is 32.2. The van der Waals surface area contributed by atoms with E-state index in [4.69, 9.17) is 0 Å². The van der Waals surface area contributed by atoms with E-state index in [0.717, 1.165) is 16.3 Å². The molecule has 0 aliphatic carbocycles. The van der Waals surface area contributed by atoms with Gasteiger partial charge in [-0.1, -0.05) is 36.0 Å². The second-order valence-electron chi connectivity index (χ2n) is 6.67. The van der Waals surface area contributed by atoms with Crippen molar-refractivity contribution in [3.05, 3.63) is 88.7 Å². The standard InChI is InChI=1S/C22H17FN4O3S/c1-26-12-6-11-18(26)20(29)25-19(28)13-31-22-24-16-9-4-2-7-14(16)21(30)27(22)17-10-5-3-8-15(17)23/h2-12H,13H2,1H3,(H,25,28,29). The average Bonchev–Trinajstić information content (AvgIpc) is 3.19. The number of amides is 2. The Hall–Kier alpha value is -3.72. The van der Waals surface area contributed by atoms with Gasteiger partial charge in [-0.2, -0.15) is 0 Å². The molecule has 2 aromatic carbocycles. The van der Waals surface area contributed by atoms with Gasteiger partial charge in [0.05, 0.1) is 22.3 Å². The molecular weight excluding hydrogens is 419 g/mol. The van der Waals surface area contributed by atoms with Crippen molar-refractivity contribution in [2.24, 2.45) is 7.05 Å². The molecule has 0 unspecified atom stereocenters. The van der Waals surface area contributed by atoms with Crippen LogP contribution in [0.1, 0.15) is 10.5 Å². The summed E-state index contributed by atoms with van der Waals surface area (Å²) in [5.74, 6) is -1.86.